The summed E-state index contributed by atoms with van der Waals surface area (Å²) in [4.78, 5) is 0. The summed E-state index contributed by atoms with van der Waals surface area (Å²) >= 11 is 0. The van der Waals surface area contributed by atoms with Gasteiger partial charge in [-0.1, -0.05) is 19.9 Å². The van der Waals surface area contributed by atoms with Crippen molar-refractivity contribution in [2.24, 2.45) is 5.41 Å². The number of nitrogens with one attached hydrogen (secondary N) is 1. The molecule has 2 N–H and O–H groups in total. The lowest BCUT2D eigenvalue weighted by molar-refractivity contribution is 0.207. The number of aliphatic hydroxyl groups excluding tert-OH is 1. The van der Waals surface area contributed by atoms with Gasteiger partial charge in [0.2, 0.25) is 0 Å². The van der Waals surface area contributed by atoms with Crippen LogP contribution in [0.5, 0.6) is 0 Å². The van der Waals surface area contributed by atoms with Crippen LogP contribution in [0.1, 0.15) is 25.8 Å². The molecule has 0 atom stereocenters. The Bertz CT molecular complexity index is 504. The van der Waals surface area contributed by atoms with E-state index in [-0.39, 0.29) is 12.0 Å². The molecule has 2 rings (SSSR count). The lowest BCUT2D eigenvalue weighted by atomic mass is 9.90. The number of rotatable bonds is 6. The number of aliphatic hydroxyl groups is 1. The van der Waals surface area contributed by atoms with Crippen molar-refractivity contribution in [3.8, 4) is 0 Å². The number of pyridine rings is 1. The smallest absolute Gasteiger partial charge is 0.0706 e. The highest BCUT2D eigenvalue weighted by Crippen LogP contribution is 2.18. The molecule has 0 radical (unpaired) electrons. The Hall–Kier alpha value is -1.39. The van der Waals surface area contributed by atoms with E-state index in [9.17, 15) is 0 Å². The SMILES string of the molecule is CC(C)(CCO)CNCc1cnn2ccccc12. The Kier molecular flexibility index (Phi) is 3.99. The molecular formula is C14H21N3O. The van der Waals surface area contributed by atoms with Crippen molar-refractivity contribution in [2.75, 3.05) is 13.2 Å². The fraction of sp³-hybridized carbons (Fsp3) is 0.500. The van der Waals surface area contributed by atoms with Crippen LogP contribution < -0.4 is 5.32 Å². The van der Waals surface area contributed by atoms with E-state index < -0.39 is 0 Å². The molecule has 0 fully saturated rings. The zero-order valence-corrected chi connectivity index (χ0v) is 11.1. The molecule has 0 unspecified atom stereocenters. The maximum absolute atomic E-state index is 8.99. The molecule has 4 nitrogen and oxygen atoms in total. The Balaban J connectivity index is 1.94. The summed E-state index contributed by atoms with van der Waals surface area (Å²) in [5.74, 6) is 0. The molecule has 98 valence electrons. The van der Waals surface area contributed by atoms with Crippen LogP contribution in [0, 0.1) is 5.41 Å². The normalized spacial score (nSPS) is 12.2. The summed E-state index contributed by atoms with van der Waals surface area (Å²) in [5.41, 5.74) is 2.47. The van der Waals surface area contributed by atoms with Crippen molar-refractivity contribution in [1.29, 1.82) is 0 Å². The third-order valence-corrected chi connectivity index (χ3v) is 3.21. The maximum atomic E-state index is 8.99. The molecule has 0 saturated carbocycles. The molecule has 4 heteroatoms. The van der Waals surface area contributed by atoms with Crippen molar-refractivity contribution in [3.05, 3.63) is 36.2 Å². The summed E-state index contributed by atoms with van der Waals surface area (Å²) in [7, 11) is 0. The first-order valence-corrected chi connectivity index (χ1v) is 6.35. The van der Waals surface area contributed by atoms with Gasteiger partial charge in [-0.05, 0) is 24.0 Å². The van der Waals surface area contributed by atoms with Crippen LogP contribution in [0.4, 0.5) is 0 Å². The Morgan fingerprint density at radius 3 is 3.00 bits per heavy atom. The van der Waals surface area contributed by atoms with E-state index in [0.717, 1.165) is 25.0 Å². The fourth-order valence-electron chi connectivity index (χ4n) is 2.05. The standard InChI is InChI=1S/C14H21N3O/c1-14(2,6-8-18)11-15-9-12-10-16-17-7-4-3-5-13(12)17/h3-5,7,10,15,18H,6,8-9,11H2,1-2H3. The molecule has 0 aromatic carbocycles. The lowest BCUT2D eigenvalue weighted by Gasteiger charge is -2.23. The molecule has 0 aliphatic rings. The van der Waals surface area contributed by atoms with Gasteiger partial charge in [0.25, 0.3) is 0 Å². The molecule has 0 amide bonds. The predicted octanol–water partition coefficient (Wildman–Crippen LogP) is 1.83. The first-order valence-electron chi connectivity index (χ1n) is 6.35. The van der Waals surface area contributed by atoms with Gasteiger partial charge >= 0.3 is 0 Å². The van der Waals surface area contributed by atoms with Crippen LogP contribution in [0.2, 0.25) is 0 Å². The van der Waals surface area contributed by atoms with Gasteiger partial charge in [0.1, 0.15) is 0 Å². The second-order valence-electron chi connectivity index (χ2n) is 5.44. The van der Waals surface area contributed by atoms with Crippen LogP contribution in [0.3, 0.4) is 0 Å². The molecule has 0 saturated heterocycles. The summed E-state index contributed by atoms with van der Waals surface area (Å²) < 4.78 is 1.88. The zero-order valence-electron chi connectivity index (χ0n) is 11.1. The summed E-state index contributed by atoms with van der Waals surface area (Å²) in [6.45, 7) is 6.25. The molecule has 2 aromatic rings. The van der Waals surface area contributed by atoms with Gasteiger partial charge in [-0.3, -0.25) is 0 Å². The second-order valence-corrected chi connectivity index (χ2v) is 5.44. The maximum Gasteiger partial charge on any atom is 0.0706 e. The summed E-state index contributed by atoms with van der Waals surface area (Å²) in [6.07, 6.45) is 4.67. The number of hydrogen-bond acceptors (Lipinski definition) is 3. The lowest BCUT2D eigenvalue weighted by Crippen LogP contribution is -2.29. The Morgan fingerprint density at radius 1 is 1.39 bits per heavy atom. The van der Waals surface area contributed by atoms with E-state index in [1.54, 1.807) is 0 Å². The Morgan fingerprint density at radius 2 is 2.22 bits per heavy atom. The van der Waals surface area contributed by atoms with Gasteiger partial charge in [0.15, 0.2) is 0 Å². The third kappa shape index (κ3) is 3.09. The zero-order chi connectivity index (χ0) is 13.0. The highest BCUT2D eigenvalue weighted by molar-refractivity contribution is 5.53. The van der Waals surface area contributed by atoms with Crippen LogP contribution in [0.15, 0.2) is 30.6 Å². The first kappa shape index (κ1) is 13.1. The van der Waals surface area contributed by atoms with Gasteiger partial charge in [-0.15, -0.1) is 0 Å². The average molecular weight is 247 g/mol. The first-order chi connectivity index (χ1) is 8.62. The molecular weight excluding hydrogens is 226 g/mol. The highest BCUT2D eigenvalue weighted by Gasteiger charge is 2.16. The van der Waals surface area contributed by atoms with Crippen LogP contribution in [0.25, 0.3) is 5.52 Å². The minimum Gasteiger partial charge on any atom is -0.396 e. The van der Waals surface area contributed by atoms with E-state index in [4.69, 9.17) is 5.11 Å². The van der Waals surface area contributed by atoms with E-state index in [0.29, 0.717) is 0 Å². The third-order valence-electron chi connectivity index (χ3n) is 3.21. The van der Waals surface area contributed by atoms with Gasteiger partial charge in [0, 0.05) is 31.5 Å². The molecule has 0 aliphatic heterocycles. The van der Waals surface area contributed by atoms with Gasteiger partial charge < -0.3 is 10.4 Å². The Labute approximate surface area is 108 Å². The number of aromatic nitrogens is 2. The van der Waals surface area contributed by atoms with Gasteiger partial charge in [-0.2, -0.15) is 5.10 Å². The summed E-state index contributed by atoms with van der Waals surface area (Å²) in [6, 6.07) is 6.07. The fourth-order valence-corrected chi connectivity index (χ4v) is 2.05. The van der Waals surface area contributed by atoms with Crippen LogP contribution >= 0.6 is 0 Å². The van der Waals surface area contributed by atoms with Crippen LogP contribution in [-0.2, 0) is 6.54 Å². The number of nitrogens with zero attached hydrogens (tertiary/aromatic N) is 2. The predicted molar refractivity (Wildman–Crippen MR) is 72.4 cm³/mol. The van der Waals surface area contributed by atoms with E-state index in [2.05, 4.69) is 30.3 Å². The van der Waals surface area contributed by atoms with Crippen molar-refractivity contribution in [2.45, 2.75) is 26.8 Å². The highest BCUT2D eigenvalue weighted by atomic mass is 16.3. The minimum atomic E-state index is 0.123. The van der Waals surface area contributed by atoms with Crippen LogP contribution in [-0.4, -0.2) is 27.9 Å². The molecule has 0 spiro atoms. The summed E-state index contributed by atoms with van der Waals surface area (Å²) in [5, 5.41) is 16.7. The molecule has 2 heterocycles. The number of fused-ring (bicyclic) bond motifs is 1. The molecule has 18 heavy (non-hydrogen) atoms. The van der Waals surface area contributed by atoms with Crippen molar-refractivity contribution >= 4 is 5.52 Å². The largest absolute Gasteiger partial charge is 0.396 e. The molecule has 2 aromatic heterocycles. The van der Waals surface area contributed by atoms with Crippen molar-refractivity contribution in [1.82, 2.24) is 14.9 Å². The van der Waals surface area contributed by atoms with E-state index in [1.807, 2.05) is 29.0 Å². The topological polar surface area (TPSA) is 49.6 Å². The van der Waals surface area contributed by atoms with Gasteiger partial charge in [0.05, 0.1) is 11.7 Å². The average Bonchev–Trinajstić information content (AvgIpc) is 2.73. The van der Waals surface area contributed by atoms with Crippen molar-refractivity contribution < 1.29 is 5.11 Å². The minimum absolute atomic E-state index is 0.123. The monoisotopic (exact) mass is 247 g/mol. The second kappa shape index (κ2) is 5.50. The van der Waals surface area contributed by atoms with E-state index >= 15 is 0 Å². The van der Waals surface area contributed by atoms with Gasteiger partial charge in [-0.25, -0.2) is 4.52 Å². The van der Waals surface area contributed by atoms with E-state index in [1.165, 1.54) is 5.56 Å². The molecule has 0 aliphatic carbocycles. The quantitative estimate of drug-likeness (QED) is 0.819. The molecule has 0 bridgehead atoms. The number of hydrogen-bond donors (Lipinski definition) is 2. The van der Waals surface area contributed by atoms with Crippen molar-refractivity contribution in [3.63, 3.8) is 0 Å².